The van der Waals surface area contributed by atoms with E-state index in [1.165, 1.54) is 4.31 Å². The first-order valence-corrected chi connectivity index (χ1v) is 10.4. The zero-order chi connectivity index (χ0) is 19.4. The molecule has 0 bridgehead atoms. The van der Waals surface area contributed by atoms with Crippen molar-refractivity contribution in [3.63, 3.8) is 0 Å². The van der Waals surface area contributed by atoms with Gasteiger partial charge in [-0.05, 0) is 31.7 Å². The summed E-state index contributed by atoms with van der Waals surface area (Å²) in [6.45, 7) is 3.55. The standard InChI is InChI=1S/C18H26N2O5S/c1-3-12-26(24,25)20-11-7-10-15(20)16(21)19-13-18(2,17(22)23)14-8-5-4-6-9-14/h4-6,8-9,15H,3,7,10-13H2,1-2H3,(H,19,21)(H,22,23). The normalized spacial score (nSPS) is 20.5. The maximum Gasteiger partial charge on any atom is 0.315 e. The fourth-order valence-corrected chi connectivity index (χ4v) is 4.95. The van der Waals surface area contributed by atoms with Crippen LogP contribution in [0.15, 0.2) is 30.3 Å². The van der Waals surface area contributed by atoms with E-state index in [4.69, 9.17) is 0 Å². The Morgan fingerprint density at radius 1 is 1.31 bits per heavy atom. The van der Waals surface area contributed by atoms with Crippen molar-refractivity contribution in [3.8, 4) is 0 Å². The first kappa shape index (κ1) is 20.4. The van der Waals surface area contributed by atoms with Crippen LogP contribution in [0.1, 0.15) is 38.7 Å². The number of nitrogens with one attached hydrogen (secondary N) is 1. The van der Waals surface area contributed by atoms with Crippen LogP contribution < -0.4 is 5.32 Å². The molecule has 1 amide bonds. The van der Waals surface area contributed by atoms with Crippen LogP contribution in [0.25, 0.3) is 0 Å². The molecule has 1 aliphatic rings. The summed E-state index contributed by atoms with van der Waals surface area (Å²) in [5.74, 6) is -1.48. The number of amides is 1. The van der Waals surface area contributed by atoms with Gasteiger partial charge in [0.25, 0.3) is 0 Å². The van der Waals surface area contributed by atoms with Crippen molar-refractivity contribution in [3.05, 3.63) is 35.9 Å². The number of nitrogens with zero attached hydrogens (tertiary/aromatic N) is 1. The van der Waals surface area contributed by atoms with Gasteiger partial charge in [-0.3, -0.25) is 9.59 Å². The minimum Gasteiger partial charge on any atom is -0.481 e. The Balaban J connectivity index is 2.12. The van der Waals surface area contributed by atoms with Gasteiger partial charge in [-0.2, -0.15) is 4.31 Å². The van der Waals surface area contributed by atoms with Crippen molar-refractivity contribution in [2.45, 2.75) is 44.6 Å². The van der Waals surface area contributed by atoms with Crippen molar-refractivity contribution in [1.82, 2.24) is 9.62 Å². The third-order valence-corrected chi connectivity index (χ3v) is 6.90. The summed E-state index contributed by atoms with van der Waals surface area (Å²) in [5.41, 5.74) is -0.711. The van der Waals surface area contributed by atoms with E-state index in [1.807, 2.05) is 0 Å². The third kappa shape index (κ3) is 4.24. The average Bonchev–Trinajstić information content (AvgIpc) is 3.10. The van der Waals surface area contributed by atoms with Gasteiger partial charge in [-0.25, -0.2) is 8.42 Å². The number of carboxylic acid groups (broad SMARTS) is 1. The molecular weight excluding hydrogens is 356 g/mol. The van der Waals surface area contributed by atoms with Crippen LogP contribution in [-0.4, -0.2) is 54.6 Å². The minimum atomic E-state index is -3.47. The van der Waals surface area contributed by atoms with Crippen molar-refractivity contribution in [2.75, 3.05) is 18.8 Å². The Morgan fingerprint density at radius 3 is 2.54 bits per heavy atom. The predicted octanol–water partition coefficient (Wildman–Crippen LogP) is 1.35. The summed E-state index contributed by atoms with van der Waals surface area (Å²) in [4.78, 5) is 24.4. The van der Waals surface area contributed by atoms with Crippen molar-refractivity contribution in [1.29, 1.82) is 0 Å². The third-order valence-electron chi connectivity index (χ3n) is 4.82. The number of carbonyl (C=O) groups is 2. The fraction of sp³-hybridized carbons (Fsp3) is 0.556. The second-order valence-electron chi connectivity index (χ2n) is 6.81. The first-order valence-electron chi connectivity index (χ1n) is 8.78. The topological polar surface area (TPSA) is 104 Å². The van der Waals surface area contributed by atoms with E-state index in [-0.39, 0.29) is 12.3 Å². The molecule has 2 unspecified atom stereocenters. The molecule has 1 aliphatic heterocycles. The molecule has 2 N–H and O–H groups in total. The number of sulfonamides is 1. The van der Waals surface area contributed by atoms with Crippen LogP contribution in [0, 0.1) is 0 Å². The number of benzene rings is 1. The number of carbonyl (C=O) groups excluding carboxylic acids is 1. The zero-order valence-electron chi connectivity index (χ0n) is 15.1. The van der Waals surface area contributed by atoms with Crippen molar-refractivity contribution >= 4 is 21.9 Å². The lowest BCUT2D eigenvalue weighted by atomic mass is 9.82. The van der Waals surface area contributed by atoms with Gasteiger partial charge in [0, 0.05) is 13.1 Å². The molecule has 144 valence electrons. The van der Waals surface area contributed by atoms with Gasteiger partial charge >= 0.3 is 5.97 Å². The average molecular weight is 382 g/mol. The lowest BCUT2D eigenvalue weighted by molar-refractivity contribution is -0.143. The maximum absolute atomic E-state index is 12.6. The lowest BCUT2D eigenvalue weighted by Gasteiger charge is -2.28. The largest absolute Gasteiger partial charge is 0.481 e. The Morgan fingerprint density at radius 2 is 1.96 bits per heavy atom. The van der Waals surface area contributed by atoms with Crippen LogP contribution in [-0.2, 0) is 25.0 Å². The van der Waals surface area contributed by atoms with E-state index >= 15 is 0 Å². The summed E-state index contributed by atoms with van der Waals surface area (Å²) in [6.07, 6.45) is 1.55. The summed E-state index contributed by atoms with van der Waals surface area (Å²) < 4.78 is 25.9. The smallest absolute Gasteiger partial charge is 0.315 e. The zero-order valence-corrected chi connectivity index (χ0v) is 16.0. The monoisotopic (exact) mass is 382 g/mol. The number of hydrogen-bond donors (Lipinski definition) is 2. The molecule has 1 aromatic rings. The highest BCUT2D eigenvalue weighted by Gasteiger charge is 2.40. The second-order valence-corrected chi connectivity index (χ2v) is 8.85. The number of hydrogen-bond acceptors (Lipinski definition) is 4. The Bertz CT molecular complexity index is 750. The van der Waals surface area contributed by atoms with Gasteiger partial charge in [0.05, 0.1) is 5.75 Å². The molecule has 1 heterocycles. The maximum atomic E-state index is 12.6. The van der Waals surface area contributed by atoms with Gasteiger partial charge in [-0.15, -0.1) is 0 Å². The van der Waals surface area contributed by atoms with E-state index in [9.17, 15) is 23.1 Å². The summed E-state index contributed by atoms with van der Waals surface area (Å²) in [5, 5.41) is 12.3. The minimum absolute atomic E-state index is 0.00758. The Kier molecular flexibility index (Phi) is 6.41. The quantitative estimate of drug-likeness (QED) is 0.706. The summed E-state index contributed by atoms with van der Waals surface area (Å²) in [7, 11) is -3.47. The Labute approximate surface area is 154 Å². The Hall–Kier alpha value is -1.93. The summed E-state index contributed by atoms with van der Waals surface area (Å²) >= 11 is 0. The van der Waals surface area contributed by atoms with Crippen LogP contribution >= 0.6 is 0 Å². The molecule has 1 aromatic carbocycles. The molecule has 0 aliphatic carbocycles. The van der Waals surface area contributed by atoms with E-state index in [1.54, 1.807) is 44.2 Å². The molecule has 1 fully saturated rings. The van der Waals surface area contributed by atoms with E-state index in [0.29, 0.717) is 31.4 Å². The summed E-state index contributed by atoms with van der Waals surface area (Å²) in [6, 6.07) is 7.92. The molecule has 26 heavy (non-hydrogen) atoms. The SMILES string of the molecule is CCCS(=O)(=O)N1CCCC1C(=O)NCC(C)(C(=O)O)c1ccccc1. The number of rotatable bonds is 8. The van der Waals surface area contributed by atoms with Gasteiger partial charge in [0.15, 0.2) is 0 Å². The van der Waals surface area contributed by atoms with Gasteiger partial charge in [0.2, 0.25) is 15.9 Å². The fourth-order valence-electron chi connectivity index (χ4n) is 3.20. The molecule has 8 heteroatoms. The molecule has 0 saturated carbocycles. The highest BCUT2D eigenvalue weighted by Crippen LogP contribution is 2.25. The molecule has 2 rings (SSSR count). The molecule has 7 nitrogen and oxygen atoms in total. The van der Waals surface area contributed by atoms with Crippen LogP contribution in [0.2, 0.25) is 0 Å². The second kappa shape index (κ2) is 8.18. The molecular formula is C18H26N2O5S. The molecule has 0 spiro atoms. The number of carboxylic acids is 1. The molecule has 2 atom stereocenters. The highest BCUT2D eigenvalue weighted by atomic mass is 32.2. The molecule has 0 radical (unpaired) electrons. The first-order chi connectivity index (χ1) is 12.2. The van der Waals surface area contributed by atoms with Crippen LogP contribution in [0.5, 0.6) is 0 Å². The predicted molar refractivity (Wildman–Crippen MR) is 98.2 cm³/mol. The highest BCUT2D eigenvalue weighted by molar-refractivity contribution is 7.89. The van der Waals surface area contributed by atoms with E-state index < -0.39 is 33.4 Å². The molecule has 0 aromatic heterocycles. The van der Waals surface area contributed by atoms with E-state index in [0.717, 1.165) is 0 Å². The van der Waals surface area contributed by atoms with Gasteiger partial charge < -0.3 is 10.4 Å². The van der Waals surface area contributed by atoms with Crippen molar-refractivity contribution < 1.29 is 23.1 Å². The van der Waals surface area contributed by atoms with Gasteiger partial charge in [-0.1, -0.05) is 37.3 Å². The van der Waals surface area contributed by atoms with Gasteiger partial charge in [0.1, 0.15) is 11.5 Å². The van der Waals surface area contributed by atoms with E-state index in [2.05, 4.69) is 5.32 Å². The molecule has 1 saturated heterocycles. The number of aliphatic carboxylic acids is 1. The van der Waals surface area contributed by atoms with Crippen LogP contribution in [0.4, 0.5) is 0 Å². The van der Waals surface area contributed by atoms with Crippen LogP contribution in [0.3, 0.4) is 0 Å². The lowest BCUT2D eigenvalue weighted by Crippen LogP contribution is -2.51. The van der Waals surface area contributed by atoms with Crippen molar-refractivity contribution in [2.24, 2.45) is 0 Å².